The lowest BCUT2D eigenvalue weighted by molar-refractivity contribution is -0.0121. The van der Waals surface area contributed by atoms with Crippen LogP contribution in [-0.2, 0) is 23.1 Å². The summed E-state index contributed by atoms with van der Waals surface area (Å²) in [6, 6.07) is 0. The van der Waals surface area contributed by atoms with Crippen molar-refractivity contribution < 1.29 is 14.3 Å². The minimum Gasteiger partial charge on any atom is -0.462 e. The molecule has 0 aliphatic heterocycles. The standard InChI is InChI=1S/C16H26N2O3/c1-5-20-16(19)14-9-17-18(4)15(14)10-21-13-7-11(2)6-12(3)8-13/h9,11-13H,5-8,10H2,1-4H3. The highest BCUT2D eigenvalue weighted by atomic mass is 16.5. The molecule has 1 aliphatic carbocycles. The van der Waals surface area contributed by atoms with Crippen molar-refractivity contribution in [2.24, 2.45) is 18.9 Å². The predicted molar refractivity (Wildman–Crippen MR) is 79.9 cm³/mol. The highest BCUT2D eigenvalue weighted by Gasteiger charge is 2.25. The third kappa shape index (κ3) is 4.06. The zero-order chi connectivity index (χ0) is 15.4. The van der Waals surface area contributed by atoms with Gasteiger partial charge in [-0.1, -0.05) is 13.8 Å². The smallest absolute Gasteiger partial charge is 0.341 e. The molecule has 5 nitrogen and oxygen atoms in total. The van der Waals surface area contributed by atoms with Crippen molar-refractivity contribution in [3.63, 3.8) is 0 Å². The minimum absolute atomic E-state index is 0.272. The van der Waals surface area contributed by atoms with E-state index in [0.717, 1.165) is 18.5 Å². The molecular formula is C16H26N2O3. The van der Waals surface area contributed by atoms with Gasteiger partial charge in [0.05, 0.1) is 31.2 Å². The molecule has 0 amide bonds. The largest absolute Gasteiger partial charge is 0.462 e. The predicted octanol–water partition coefficient (Wildman–Crippen LogP) is 2.94. The van der Waals surface area contributed by atoms with Gasteiger partial charge in [0.25, 0.3) is 0 Å². The first-order chi connectivity index (χ1) is 10.0. The molecule has 0 bridgehead atoms. The Morgan fingerprint density at radius 1 is 1.33 bits per heavy atom. The summed E-state index contributed by atoms with van der Waals surface area (Å²) < 4.78 is 12.8. The number of carbonyl (C=O) groups excluding carboxylic acids is 1. The topological polar surface area (TPSA) is 53.3 Å². The molecule has 21 heavy (non-hydrogen) atoms. The van der Waals surface area contributed by atoms with Crippen LogP contribution in [0.2, 0.25) is 0 Å². The molecule has 0 saturated heterocycles. The molecule has 1 aromatic heterocycles. The quantitative estimate of drug-likeness (QED) is 0.784. The summed E-state index contributed by atoms with van der Waals surface area (Å²) in [4.78, 5) is 11.9. The third-order valence-corrected chi connectivity index (χ3v) is 4.15. The summed E-state index contributed by atoms with van der Waals surface area (Å²) in [5, 5.41) is 4.15. The van der Waals surface area contributed by atoms with Crippen molar-refractivity contribution in [3.05, 3.63) is 17.5 Å². The van der Waals surface area contributed by atoms with Gasteiger partial charge in [-0.25, -0.2) is 4.79 Å². The number of carbonyl (C=O) groups is 1. The molecule has 5 heteroatoms. The average molecular weight is 294 g/mol. The maximum Gasteiger partial charge on any atom is 0.341 e. The van der Waals surface area contributed by atoms with Crippen LogP contribution in [-0.4, -0.2) is 28.5 Å². The van der Waals surface area contributed by atoms with Gasteiger partial charge in [-0.05, 0) is 38.0 Å². The molecule has 1 aliphatic rings. The van der Waals surface area contributed by atoms with E-state index in [1.807, 2.05) is 7.05 Å². The Morgan fingerprint density at radius 2 is 2.00 bits per heavy atom. The fraction of sp³-hybridized carbons (Fsp3) is 0.750. The zero-order valence-electron chi connectivity index (χ0n) is 13.5. The van der Waals surface area contributed by atoms with E-state index < -0.39 is 0 Å². The highest BCUT2D eigenvalue weighted by molar-refractivity contribution is 5.90. The average Bonchev–Trinajstić information content (AvgIpc) is 2.77. The van der Waals surface area contributed by atoms with E-state index in [4.69, 9.17) is 9.47 Å². The molecule has 1 heterocycles. The van der Waals surface area contributed by atoms with E-state index in [9.17, 15) is 4.79 Å². The number of esters is 1. The zero-order valence-corrected chi connectivity index (χ0v) is 13.5. The van der Waals surface area contributed by atoms with Gasteiger partial charge in [0.1, 0.15) is 5.56 Å². The lowest BCUT2D eigenvalue weighted by atomic mass is 9.82. The molecule has 0 aromatic carbocycles. The van der Waals surface area contributed by atoms with Crippen LogP contribution in [0.5, 0.6) is 0 Å². The van der Waals surface area contributed by atoms with Crippen LogP contribution in [0.1, 0.15) is 56.1 Å². The van der Waals surface area contributed by atoms with Gasteiger partial charge in [-0.2, -0.15) is 5.10 Å². The lowest BCUT2D eigenvalue weighted by Crippen LogP contribution is -2.26. The molecule has 0 spiro atoms. The van der Waals surface area contributed by atoms with E-state index in [2.05, 4.69) is 18.9 Å². The number of ether oxygens (including phenoxy) is 2. The number of hydrogen-bond donors (Lipinski definition) is 0. The second-order valence-electron chi connectivity index (χ2n) is 6.20. The molecule has 1 fully saturated rings. The number of hydrogen-bond acceptors (Lipinski definition) is 4. The van der Waals surface area contributed by atoms with E-state index >= 15 is 0 Å². The maximum absolute atomic E-state index is 11.9. The van der Waals surface area contributed by atoms with Crippen LogP contribution < -0.4 is 0 Å². The summed E-state index contributed by atoms with van der Waals surface area (Å²) >= 11 is 0. The van der Waals surface area contributed by atoms with Gasteiger partial charge in [-0.15, -0.1) is 0 Å². The number of nitrogens with zero attached hydrogens (tertiary/aromatic N) is 2. The van der Waals surface area contributed by atoms with Crippen LogP contribution >= 0.6 is 0 Å². The monoisotopic (exact) mass is 294 g/mol. The van der Waals surface area contributed by atoms with Gasteiger partial charge in [-0.3, -0.25) is 4.68 Å². The first kappa shape index (κ1) is 16.0. The Bertz CT molecular complexity index is 474. The first-order valence-corrected chi connectivity index (χ1v) is 7.80. The van der Waals surface area contributed by atoms with Crippen LogP contribution in [0.25, 0.3) is 0 Å². The Labute approximate surface area is 126 Å². The van der Waals surface area contributed by atoms with Crippen LogP contribution in [0, 0.1) is 11.8 Å². The summed E-state index contributed by atoms with van der Waals surface area (Å²) in [7, 11) is 1.83. The molecule has 118 valence electrons. The van der Waals surface area contributed by atoms with Crippen LogP contribution in [0.15, 0.2) is 6.20 Å². The molecule has 2 rings (SSSR count). The molecule has 1 saturated carbocycles. The van der Waals surface area contributed by atoms with E-state index in [-0.39, 0.29) is 12.1 Å². The Morgan fingerprint density at radius 3 is 2.62 bits per heavy atom. The molecule has 0 N–H and O–H groups in total. The van der Waals surface area contributed by atoms with Crippen molar-refractivity contribution in [1.82, 2.24) is 9.78 Å². The van der Waals surface area contributed by atoms with Gasteiger partial charge >= 0.3 is 5.97 Å². The normalized spacial score (nSPS) is 25.8. The van der Waals surface area contributed by atoms with Crippen molar-refractivity contribution in [3.8, 4) is 0 Å². The van der Waals surface area contributed by atoms with E-state index in [0.29, 0.717) is 30.6 Å². The van der Waals surface area contributed by atoms with Crippen molar-refractivity contribution >= 4 is 5.97 Å². The molecule has 1 aromatic rings. The van der Waals surface area contributed by atoms with Crippen molar-refractivity contribution in [2.75, 3.05) is 6.61 Å². The Hall–Kier alpha value is -1.36. The summed E-state index contributed by atoms with van der Waals surface area (Å²) in [5.41, 5.74) is 1.30. The van der Waals surface area contributed by atoms with Gasteiger partial charge in [0.2, 0.25) is 0 Å². The van der Waals surface area contributed by atoms with Gasteiger partial charge in [0.15, 0.2) is 0 Å². The number of aryl methyl sites for hydroxylation is 1. The van der Waals surface area contributed by atoms with E-state index in [1.165, 1.54) is 6.42 Å². The fourth-order valence-corrected chi connectivity index (χ4v) is 3.22. The van der Waals surface area contributed by atoms with Crippen LogP contribution in [0.3, 0.4) is 0 Å². The maximum atomic E-state index is 11.9. The van der Waals surface area contributed by atoms with Crippen molar-refractivity contribution in [2.45, 2.75) is 52.7 Å². The summed E-state index contributed by atoms with van der Waals surface area (Å²) in [6.45, 7) is 7.13. The van der Waals surface area contributed by atoms with Crippen molar-refractivity contribution in [1.29, 1.82) is 0 Å². The second-order valence-corrected chi connectivity index (χ2v) is 6.20. The SMILES string of the molecule is CCOC(=O)c1cnn(C)c1COC1CC(C)CC(C)C1. The highest BCUT2D eigenvalue weighted by Crippen LogP contribution is 2.30. The van der Waals surface area contributed by atoms with Gasteiger partial charge in [0, 0.05) is 7.05 Å². The minimum atomic E-state index is -0.324. The fourth-order valence-electron chi connectivity index (χ4n) is 3.22. The Balaban J connectivity index is 1.99. The van der Waals surface area contributed by atoms with Gasteiger partial charge < -0.3 is 9.47 Å². The molecule has 2 atom stereocenters. The lowest BCUT2D eigenvalue weighted by Gasteiger charge is -2.31. The summed E-state index contributed by atoms with van der Waals surface area (Å²) in [5.74, 6) is 1.08. The third-order valence-electron chi connectivity index (χ3n) is 4.15. The first-order valence-electron chi connectivity index (χ1n) is 7.80. The van der Waals surface area contributed by atoms with E-state index in [1.54, 1.807) is 17.8 Å². The van der Waals surface area contributed by atoms with Crippen LogP contribution in [0.4, 0.5) is 0 Å². The Kier molecular flexibility index (Phi) is 5.39. The number of aromatic nitrogens is 2. The molecular weight excluding hydrogens is 268 g/mol. The molecule has 2 unspecified atom stereocenters. The molecule has 0 radical (unpaired) electrons. The summed E-state index contributed by atoms with van der Waals surface area (Å²) in [6.07, 6.45) is 5.30. The number of rotatable bonds is 5. The second kappa shape index (κ2) is 7.07.